The molecule has 0 aromatic carbocycles. The molecule has 0 aliphatic carbocycles. The molecule has 0 aliphatic rings. The Morgan fingerprint density at radius 3 is 1.32 bits per heavy atom. The van der Waals surface area contributed by atoms with Crippen LogP contribution in [0.2, 0.25) is 0 Å². The van der Waals surface area contributed by atoms with Crippen LogP contribution in [0.4, 0.5) is 0 Å². The van der Waals surface area contributed by atoms with E-state index in [0.29, 0.717) is 0 Å². The van der Waals surface area contributed by atoms with Gasteiger partial charge in [-0.05, 0) is 0 Å². The molecule has 0 aliphatic heterocycles. The maximum atomic E-state index is 9.62. The van der Waals surface area contributed by atoms with E-state index in [9.17, 15) is 13.2 Å². The molecule has 0 amide bonds. The monoisotopic (exact) mass is 597 g/mol. The Labute approximate surface area is 187 Å². The molecule has 0 aromatic rings. The van der Waals surface area contributed by atoms with Crippen LogP contribution in [0.5, 0.6) is 0 Å². The van der Waals surface area contributed by atoms with Crippen molar-refractivity contribution in [3.05, 3.63) is 6.92 Å². The summed E-state index contributed by atoms with van der Waals surface area (Å²) < 4.78 is 27.0. The summed E-state index contributed by atoms with van der Waals surface area (Å²) in [5.74, 6) is -2.79. The van der Waals surface area contributed by atoms with Crippen LogP contribution in [-0.2, 0) is 14.9 Å². The van der Waals surface area contributed by atoms with Gasteiger partial charge in [0, 0.05) is 39.9 Å². The summed E-state index contributed by atoms with van der Waals surface area (Å²) in [7, 11) is -4.32. The first-order chi connectivity index (χ1) is 11.3. The Morgan fingerprint density at radius 1 is 0.800 bits per heavy atom. The van der Waals surface area contributed by atoms with Gasteiger partial charge in [-0.3, -0.25) is 9.35 Å². The van der Waals surface area contributed by atoms with Crippen LogP contribution in [-0.4, -0.2) is 29.8 Å². The quantitative estimate of drug-likeness (QED) is 0.153. The van der Waals surface area contributed by atoms with E-state index in [4.69, 9.17) is 9.66 Å². The zero-order valence-electron chi connectivity index (χ0n) is 15.8. The molecule has 0 bridgehead atoms. The molecule has 0 saturated carbocycles. The van der Waals surface area contributed by atoms with Gasteiger partial charge in [0.25, 0.3) is 10.1 Å². The van der Waals surface area contributed by atoms with E-state index < -0.39 is 21.8 Å². The van der Waals surface area contributed by atoms with Crippen molar-refractivity contribution in [1.29, 1.82) is 0 Å². The van der Waals surface area contributed by atoms with Gasteiger partial charge in [0.1, 0.15) is 0 Å². The van der Waals surface area contributed by atoms with Crippen molar-refractivity contribution in [3.63, 3.8) is 0 Å². The van der Waals surface area contributed by atoms with Crippen molar-refractivity contribution >= 4 is 16.1 Å². The van der Waals surface area contributed by atoms with Crippen molar-refractivity contribution in [2.45, 2.75) is 96.8 Å². The van der Waals surface area contributed by atoms with E-state index in [1.165, 1.54) is 83.5 Å². The Bertz CT molecular complexity index is 358. The van der Waals surface area contributed by atoms with Crippen molar-refractivity contribution in [1.82, 2.24) is 0 Å². The van der Waals surface area contributed by atoms with Gasteiger partial charge in [-0.15, -0.1) is 0 Å². The van der Waals surface area contributed by atoms with Crippen LogP contribution >= 0.6 is 0 Å². The zero-order valence-corrected chi connectivity index (χ0v) is 20.8. The molecule has 0 heterocycles. The van der Waals surface area contributed by atoms with Gasteiger partial charge in [-0.25, -0.2) is 0 Å². The molecule has 0 atom stereocenters. The summed E-state index contributed by atoms with van der Waals surface area (Å²) in [4.78, 5) is 9.48. The standard InChI is InChI=1S/C16H33.C2H4O5S.Th/c1-3-5-7-9-11-13-15-16-14-12-10-8-6-4-2;3-2(4)1-8(5,6)7;/h1,3-16H2,2H3;1H2,(H,3,4)(H,5,6,7);/q-1;;. The third-order valence-corrected chi connectivity index (χ3v) is 4.27. The average molecular weight is 598 g/mol. The smallest absolute Gasteiger partial charge is 0.321 e. The molecule has 0 fully saturated rings. The van der Waals surface area contributed by atoms with Gasteiger partial charge >= 0.3 is 5.97 Å². The SMILES string of the molecule is O=C(O)CS(=O)(=O)O.[CH2-]CCCCCCCCCCCCCCC.[Th]. The molecule has 0 unspecified atom stereocenters. The molecular weight excluding hydrogens is 560 g/mol. The van der Waals surface area contributed by atoms with Crippen molar-refractivity contribution < 1.29 is 62.8 Å². The van der Waals surface area contributed by atoms with E-state index in [2.05, 4.69) is 13.8 Å². The maximum Gasteiger partial charge on any atom is 0.321 e. The molecule has 0 radical (unpaired) electrons. The topological polar surface area (TPSA) is 91.7 Å². The van der Waals surface area contributed by atoms with Gasteiger partial charge in [-0.1, -0.05) is 90.4 Å². The third-order valence-electron chi connectivity index (χ3n) is 3.66. The number of carboxylic acid groups (broad SMARTS) is 1. The minimum absolute atomic E-state index is 0. The van der Waals surface area contributed by atoms with Crippen molar-refractivity contribution in [2.75, 3.05) is 5.75 Å². The predicted octanol–water partition coefficient (Wildman–Crippen LogP) is 5.26. The Morgan fingerprint density at radius 2 is 1.12 bits per heavy atom. The molecule has 0 spiro atoms. The first-order valence-corrected chi connectivity index (χ1v) is 10.9. The van der Waals surface area contributed by atoms with Crippen molar-refractivity contribution in [2.24, 2.45) is 0 Å². The van der Waals surface area contributed by atoms with Crippen LogP contribution in [0.25, 0.3) is 0 Å². The molecule has 5 nitrogen and oxygen atoms in total. The summed E-state index contributed by atoms with van der Waals surface area (Å²) >= 11 is 0. The second-order valence-corrected chi connectivity index (χ2v) is 7.67. The second-order valence-electron chi connectivity index (χ2n) is 6.22. The molecule has 7 heteroatoms. The maximum absolute atomic E-state index is 9.62. The number of aliphatic carboxylic acids is 1. The van der Waals surface area contributed by atoms with Gasteiger partial charge < -0.3 is 12.0 Å². The van der Waals surface area contributed by atoms with Crippen LogP contribution in [0.15, 0.2) is 0 Å². The Balaban J connectivity index is -0.000000457. The van der Waals surface area contributed by atoms with E-state index >= 15 is 0 Å². The zero-order chi connectivity index (χ0) is 18.7. The molecular formula is C18H37O5STh-. The summed E-state index contributed by atoms with van der Waals surface area (Å²) in [5.41, 5.74) is 0. The first-order valence-electron chi connectivity index (χ1n) is 9.29. The molecule has 0 saturated heterocycles. The summed E-state index contributed by atoms with van der Waals surface area (Å²) in [6.07, 6.45) is 19.8. The number of hydrogen-bond donors (Lipinski definition) is 2. The Hall–Kier alpha value is 0.705. The van der Waals surface area contributed by atoms with Gasteiger partial charge in [0.2, 0.25) is 0 Å². The van der Waals surface area contributed by atoms with Crippen LogP contribution in [0, 0.1) is 46.9 Å². The number of carboxylic acids is 1. The third kappa shape index (κ3) is 36.4. The number of hydrogen-bond acceptors (Lipinski definition) is 3. The minimum atomic E-state index is -4.32. The number of unbranched alkanes of at least 4 members (excludes halogenated alkanes) is 13. The number of carbonyl (C=O) groups is 1. The van der Waals surface area contributed by atoms with Crippen molar-refractivity contribution in [3.8, 4) is 0 Å². The van der Waals surface area contributed by atoms with Gasteiger partial charge in [0.15, 0.2) is 5.75 Å². The predicted molar refractivity (Wildman–Crippen MR) is 99.7 cm³/mol. The Kier molecular flexibility index (Phi) is 27.7. The van der Waals surface area contributed by atoms with E-state index in [1.807, 2.05) is 0 Å². The molecule has 2 N–H and O–H groups in total. The summed E-state index contributed by atoms with van der Waals surface area (Å²) in [5, 5.41) is 7.71. The van der Waals surface area contributed by atoms with Crippen LogP contribution in [0.3, 0.4) is 0 Å². The van der Waals surface area contributed by atoms with Crippen LogP contribution in [0.1, 0.15) is 96.8 Å². The molecule has 0 aromatic heterocycles. The summed E-state index contributed by atoms with van der Waals surface area (Å²) in [6.45, 7) is 6.16. The fraction of sp³-hybridized carbons (Fsp3) is 0.889. The fourth-order valence-corrected chi connectivity index (χ4v) is 2.66. The first kappa shape index (κ1) is 30.4. The fourth-order valence-electron chi connectivity index (χ4n) is 2.35. The number of rotatable bonds is 15. The minimum Gasteiger partial charge on any atom is -0.480 e. The second kappa shape index (κ2) is 22.7. The molecule has 150 valence electrons. The van der Waals surface area contributed by atoms with E-state index in [1.54, 1.807) is 0 Å². The average Bonchev–Trinajstić information content (AvgIpc) is 2.46. The normalized spacial score (nSPS) is 10.5. The van der Waals surface area contributed by atoms with E-state index in [-0.39, 0.29) is 39.9 Å². The van der Waals surface area contributed by atoms with E-state index in [0.717, 1.165) is 6.42 Å². The van der Waals surface area contributed by atoms with Gasteiger partial charge in [-0.2, -0.15) is 14.8 Å². The largest absolute Gasteiger partial charge is 0.480 e. The molecule has 25 heavy (non-hydrogen) atoms. The van der Waals surface area contributed by atoms with Gasteiger partial charge in [0.05, 0.1) is 0 Å². The molecule has 0 rings (SSSR count). The van der Waals surface area contributed by atoms with Crippen LogP contribution < -0.4 is 0 Å². The summed E-state index contributed by atoms with van der Waals surface area (Å²) in [6, 6.07) is 0.